The van der Waals surface area contributed by atoms with E-state index in [0.29, 0.717) is 0 Å². The molecule has 0 spiro atoms. The van der Waals surface area contributed by atoms with Crippen molar-refractivity contribution in [3.63, 3.8) is 0 Å². The van der Waals surface area contributed by atoms with Crippen molar-refractivity contribution in [2.45, 2.75) is 58.3 Å². The molecule has 0 aliphatic heterocycles. The van der Waals surface area contributed by atoms with E-state index in [1.807, 2.05) is 0 Å². The molecule has 1 aromatic heterocycles. The number of benzene rings is 8. The van der Waals surface area contributed by atoms with Crippen molar-refractivity contribution < 1.29 is 4.42 Å². The largest absolute Gasteiger partial charge is 0.460 e. The van der Waals surface area contributed by atoms with Crippen LogP contribution < -0.4 is 4.90 Å². The summed E-state index contributed by atoms with van der Waals surface area (Å²) in [5.41, 5.74) is 21.7. The maximum atomic E-state index is 6.43. The Hall–Kier alpha value is -7.16. The van der Waals surface area contributed by atoms with Crippen molar-refractivity contribution in [3.05, 3.63) is 216 Å². The SMILES string of the molecule is CC(C)(C)c1ccc(-c2ccc3c(c2)C(C)(C)c2ccc(-c4ccccc4N(c4cccc(-c5ccccc5)c4)c4cccc(-c5cccc6oc7c(c56)C=CCC7)c4)cc2-3)cc1. The zero-order chi connectivity index (χ0) is 42.9. The van der Waals surface area contributed by atoms with Crippen molar-refractivity contribution in [2.75, 3.05) is 4.90 Å². The lowest BCUT2D eigenvalue weighted by molar-refractivity contribution is 0.546. The van der Waals surface area contributed by atoms with Gasteiger partial charge in [0.05, 0.1) is 5.69 Å². The van der Waals surface area contributed by atoms with Gasteiger partial charge in [0, 0.05) is 39.7 Å². The lowest BCUT2D eigenvalue weighted by Gasteiger charge is -2.29. The normalized spacial score (nSPS) is 13.7. The number of rotatable bonds is 7. The lowest BCUT2D eigenvalue weighted by Crippen LogP contribution is -2.15. The molecule has 8 aromatic carbocycles. The highest BCUT2D eigenvalue weighted by atomic mass is 16.3. The highest BCUT2D eigenvalue weighted by Gasteiger charge is 2.36. The first-order valence-corrected chi connectivity index (χ1v) is 22.4. The van der Waals surface area contributed by atoms with Crippen LogP contribution in [0.25, 0.3) is 72.7 Å². The number of hydrogen-bond acceptors (Lipinski definition) is 2. The zero-order valence-corrected chi connectivity index (χ0v) is 36.7. The molecule has 0 radical (unpaired) electrons. The van der Waals surface area contributed by atoms with Gasteiger partial charge in [-0.15, -0.1) is 0 Å². The van der Waals surface area contributed by atoms with E-state index in [9.17, 15) is 0 Å². The summed E-state index contributed by atoms with van der Waals surface area (Å²) in [6.45, 7) is 11.6. The Bertz CT molecular complexity index is 3230. The standard InChI is InChI=1S/C61H51NO/c1-60(2,3)46-32-28-41(29-33-46)43-30-34-51-53-38-45(31-35-54(53)61(4,5)55(51)39-43)49-22-9-11-25-56(49)62(47-20-13-18-42(36-47)40-16-7-6-8-17-40)48-21-14-19-44(37-48)50-24-15-27-58-59(50)52-23-10-12-26-57(52)63-58/h6-11,13-25,27-39H,12,26H2,1-5H3. The Labute approximate surface area is 371 Å². The van der Waals surface area contributed by atoms with Gasteiger partial charge in [0.2, 0.25) is 0 Å². The molecule has 0 fully saturated rings. The number of para-hydroxylation sites is 1. The Morgan fingerprint density at radius 1 is 0.492 bits per heavy atom. The third kappa shape index (κ3) is 6.73. The topological polar surface area (TPSA) is 16.4 Å². The van der Waals surface area contributed by atoms with Crippen molar-refractivity contribution in [2.24, 2.45) is 0 Å². The number of hydrogen-bond donors (Lipinski definition) is 0. The molecule has 2 heteroatoms. The molecule has 63 heavy (non-hydrogen) atoms. The van der Waals surface area contributed by atoms with E-state index in [1.54, 1.807) is 0 Å². The summed E-state index contributed by atoms with van der Waals surface area (Å²) in [7, 11) is 0. The second-order valence-corrected chi connectivity index (χ2v) is 18.9. The Morgan fingerprint density at radius 3 is 1.90 bits per heavy atom. The quantitative estimate of drug-likeness (QED) is 0.159. The van der Waals surface area contributed by atoms with Crippen molar-refractivity contribution >= 4 is 34.1 Å². The van der Waals surface area contributed by atoms with Gasteiger partial charge in [0.25, 0.3) is 0 Å². The molecule has 0 amide bonds. The molecule has 0 atom stereocenters. The number of furan rings is 1. The molecule has 1 heterocycles. The van der Waals surface area contributed by atoms with Gasteiger partial charge in [-0.2, -0.15) is 0 Å². The molecule has 0 N–H and O–H groups in total. The van der Waals surface area contributed by atoms with Crippen molar-refractivity contribution in [1.29, 1.82) is 0 Å². The van der Waals surface area contributed by atoms with E-state index in [2.05, 4.69) is 234 Å². The predicted molar refractivity (Wildman–Crippen MR) is 266 cm³/mol. The minimum atomic E-state index is -0.138. The molecule has 11 rings (SSSR count). The van der Waals surface area contributed by atoms with Gasteiger partial charge < -0.3 is 9.32 Å². The van der Waals surface area contributed by atoms with Gasteiger partial charge >= 0.3 is 0 Å². The smallest absolute Gasteiger partial charge is 0.135 e. The van der Waals surface area contributed by atoms with Crippen LogP contribution in [0.4, 0.5) is 17.1 Å². The average molecular weight is 814 g/mol. The van der Waals surface area contributed by atoms with Crippen molar-refractivity contribution in [1.82, 2.24) is 0 Å². The maximum Gasteiger partial charge on any atom is 0.135 e. The van der Waals surface area contributed by atoms with E-state index < -0.39 is 0 Å². The lowest BCUT2D eigenvalue weighted by atomic mass is 9.81. The predicted octanol–water partition coefficient (Wildman–Crippen LogP) is 17.1. The van der Waals surface area contributed by atoms with Gasteiger partial charge in [-0.05, 0) is 127 Å². The van der Waals surface area contributed by atoms with Gasteiger partial charge in [-0.25, -0.2) is 0 Å². The number of nitrogens with zero attached hydrogens (tertiary/aromatic N) is 1. The third-order valence-corrected chi connectivity index (χ3v) is 13.5. The summed E-state index contributed by atoms with van der Waals surface area (Å²) in [6, 6.07) is 67.4. The molecular formula is C61H51NO. The Balaban J connectivity index is 1.05. The van der Waals surface area contributed by atoms with Crippen molar-refractivity contribution in [3.8, 4) is 55.6 Å². The average Bonchev–Trinajstić information content (AvgIpc) is 3.81. The number of anilines is 3. The minimum Gasteiger partial charge on any atom is -0.460 e. The molecule has 0 saturated heterocycles. The van der Waals surface area contributed by atoms with Gasteiger partial charge in [0.1, 0.15) is 11.3 Å². The molecule has 0 unspecified atom stereocenters. The van der Waals surface area contributed by atoms with Gasteiger partial charge in [0.15, 0.2) is 0 Å². The van der Waals surface area contributed by atoms with Crippen LogP contribution >= 0.6 is 0 Å². The van der Waals surface area contributed by atoms with Crippen LogP contribution in [0.2, 0.25) is 0 Å². The van der Waals surface area contributed by atoms with E-state index in [0.717, 1.165) is 46.8 Å². The second-order valence-electron chi connectivity index (χ2n) is 18.9. The third-order valence-electron chi connectivity index (χ3n) is 13.5. The fourth-order valence-electron chi connectivity index (χ4n) is 10.1. The van der Waals surface area contributed by atoms with E-state index >= 15 is 0 Å². The van der Waals surface area contributed by atoms with Crippen LogP contribution in [0.15, 0.2) is 192 Å². The second kappa shape index (κ2) is 15.0. The number of aryl methyl sites for hydroxylation is 1. The first-order valence-electron chi connectivity index (χ1n) is 22.4. The van der Waals surface area contributed by atoms with E-state index in [-0.39, 0.29) is 10.8 Å². The zero-order valence-electron chi connectivity index (χ0n) is 36.7. The molecule has 0 saturated carbocycles. The maximum absolute atomic E-state index is 6.43. The van der Waals surface area contributed by atoms with Crippen LogP contribution in [0, 0.1) is 0 Å². The summed E-state index contributed by atoms with van der Waals surface area (Å²) >= 11 is 0. The molecule has 9 aromatic rings. The fourth-order valence-corrected chi connectivity index (χ4v) is 10.1. The van der Waals surface area contributed by atoms with Crippen LogP contribution in [0.1, 0.15) is 69.1 Å². The summed E-state index contributed by atoms with van der Waals surface area (Å²) in [4.78, 5) is 2.44. The van der Waals surface area contributed by atoms with Crippen LogP contribution in [-0.2, 0) is 17.3 Å². The first kappa shape index (κ1) is 38.7. The summed E-state index contributed by atoms with van der Waals surface area (Å²) in [5.74, 6) is 1.08. The Kier molecular flexibility index (Phi) is 9.24. The van der Waals surface area contributed by atoms with E-state index in [1.165, 1.54) is 77.7 Å². The van der Waals surface area contributed by atoms with Gasteiger partial charge in [-0.1, -0.05) is 180 Å². The molecule has 0 bridgehead atoms. The molecule has 2 aliphatic rings. The van der Waals surface area contributed by atoms with Crippen LogP contribution in [0.5, 0.6) is 0 Å². The summed E-state index contributed by atoms with van der Waals surface area (Å²) in [6.07, 6.45) is 6.46. The van der Waals surface area contributed by atoms with Crippen LogP contribution in [0.3, 0.4) is 0 Å². The molecular weight excluding hydrogens is 763 g/mol. The minimum absolute atomic E-state index is 0.122. The number of allylic oxidation sites excluding steroid dienone is 1. The van der Waals surface area contributed by atoms with Gasteiger partial charge in [-0.3, -0.25) is 0 Å². The fraction of sp³-hybridized carbons (Fsp3) is 0.148. The molecule has 2 aliphatic carbocycles. The van der Waals surface area contributed by atoms with Crippen LogP contribution in [-0.4, -0.2) is 0 Å². The molecule has 2 nitrogen and oxygen atoms in total. The monoisotopic (exact) mass is 813 g/mol. The summed E-state index contributed by atoms with van der Waals surface area (Å²) < 4.78 is 6.43. The number of fused-ring (bicyclic) bond motifs is 6. The van der Waals surface area contributed by atoms with E-state index in [4.69, 9.17) is 4.42 Å². The highest BCUT2D eigenvalue weighted by Crippen LogP contribution is 2.52. The summed E-state index contributed by atoms with van der Waals surface area (Å²) in [5, 5.41) is 1.19. The highest BCUT2D eigenvalue weighted by molar-refractivity contribution is 6.02. The Morgan fingerprint density at radius 2 is 1.11 bits per heavy atom. The first-order chi connectivity index (χ1) is 30.6. The molecule has 306 valence electrons.